The highest BCUT2D eigenvalue weighted by Gasteiger charge is 2.24. The summed E-state index contributed by atoms with van der Waals surface area (Å²) in [5.41, 5.74) is 1.45. The number of benzene rings is 2. The van der Waals surface area contributed by atoms with Crippen LogP contribution in [0.5, 0.6) is 0 Å². The van der Waals surface area contributed by atoms with Crippen LogP contribution < -0.4 is 0 Å². The summed E-state index contributed by atoms with van der Waals surface area (Å²) >= 11 is 3.34. The average Bonchev–Trinajstić information content (AvgIpc) is 2.83. The molecule has 5 heteroatoms. The van der Waals surface area contributed by atoms with Gasteiger partial charge in [-0.25, -0.2) is 14.2 Å². The predicted molar refractivity (Wildman–Crippen MR) is 81.1 cm³/mol. The summed E-state index contributed by atoms with van der Waals surface area (Å²) in [6, 6.07) is 13.2. The molecule has 0 aromatic heterocycles. The minimum atomic E-state index is -0.544. The van der Waals surface area contributed by atoms with Crippen LogP contribution >= 0.6 is 15.9 Å². The Hall–Kier alpha value is -2.27. The number of halogens is 2. The fraction of sp³-hybridized carbons (Fsp3) is 0. The maximum atomic E-state index is 13.2. The summed E-state index contributed by atoms with van der Waals surface area (Å²) < 4.78 is 19.2. The van der Waals surface area contributed by atoms with Crippen LogP contribution in [0.3, 0.4) is 0 Å². The van der Waals surface area contributed by atoms with Crippen molar-refractivity contribution in [3.05, 3.63) is 75.6 Å². The van der Waals surface area contributed by atoms with Gasteiger partial charge in [-0.1, -0.05) is 34.1 Å². The summed E-state index contributed by atoms with van der Waals surface area (Å²) in [6.07, 6.45) is 1.63. The Morgan fingerprint density at radius 2 is 1.90 bits per heavy atom. The van der Waals surface area contributed by atoms with Gasteiger partial charge in [-0.05, 0) is 42.0 Å². The first-order chi connectivity index (χ1) is 10.1. The van der Waals surface area contributed by atoms with Crippen LogP contribution in [0.15, 0.2) is 63.7 Å². The van der Waals surface area contributed by atoms with E-state index >= 15 is 0 Å². The summed E-state index contributed by atoms with van der Waals surface area (Å²) in [6.45, 7) is 0. The van der Waals surface area contributed by atoms with Crippen molar-refractivity contribution < 1.29 is 13.9 Å². The van der Waals surface area contributed by atoms with E-state index in [1.165, 1.54) is 18.2 Å². The second-order valence-electron chi connectivity index (χ2n) is 4.40. The molecule has 0 spiro atoms. The van der Waals surface area contributed by atoms with Crippen LogP contribution in [-0.2, 0) is 9.53 Å². The quantitative estimate of drug-likeness (QED) is 0.610. The van der Waals surface area contributed by atoms with Gasteiger partial charge in [0, 0.05) is 10.0 Å². The molecule has 1 heterocycles. The Bertz CT molecular complexity index is 766. The topological polar surface area (TPSA) is 38.7 Å². The van der Waals surface area contributed by atoms with Gasteiger partial charge in [0.05, 0.1) is 0 Å². The highest BCUT2D eigenvalue weighted by Crippen LogP contribution is 2.20. The van der Waals surface area contributed by atoms with Crippen LogP contribution in [0.4, 0.5) is 4.39 Å². The molecular formula is C16H9BrFNO2. The Balaban J connectivity index is 1.93. The van der Waals surface area contributed by atoms with Crippen molar-refractivity contribution >= 4 is 33.9 Å². The van der Waals surface area contributed by atoms with Crippen LogP contribution in [0.2, 0.25) is 0 Å². The third kappa shape index (κ3) is 3.08. The largest absolute Gasteiger partial charge is 0.402 e. The monoisotopic (exact) mass is 345 g/mol. The first-order valence-corrected chi connectivity index (χ1v) is 6.95. The molecule has 1 aliphatic heterocycles. The molecule has 0 saturated carbocycles. The summed E-state index contributed by atoms with van der Waals surface area (Å²) in [5.74, 6) is -0.836. The number of aliphatic imine (C=N–C) groups is 1. The van der Waals surface area contributed by atoms with Crippen molar-refractivity contribution in [3.8, 4) is 0 Å². The first kappa shape index (κ1) is 13.7. The Labute approximate surface area is 128 Å². The zero-order valence-electron chi connectivity index (χ0n) is 10.7. The lowest BCUT2D eigenvalue weighted by molar-refractivity contribution is -0.129. The minimum Gasteiger partial charge on any atom is -0.402 e. The molecule has 3 rings (SSSR count). The average molecular weight is 346 g/mol. The van der Waals surface area contributed by atoms with Gasteiger partial charge in [-0.3, -0.25) is 0 Å². The Kier molecular flexibility index (Phi) is 3.66. The number of hydrogen-bond acceptors (Lipinski definition) is 3. The number of rotatable bonds is 2. The predicted octanol–water partition coefficient (Wildman–Crippen LogP) is 3.93. The zero-order chi connectivity index (χ0) is 14.8. The van der Waals surface area contributed by atoms with Crippen molar-refractivity contribution in [2.75, 3.05) is 0 Å². The zero-order valence-corrected chi connectivity index (χ0v) is 12.3. The van der Waals surface area contributed by atoms with Gasteiger partial charge in [-0.15, -0.1) is 0 Å². The van der Waals surface area contributed by atoms with Gasteiger partial charge >= 0.3 is 5.97 Å². The van der Waals surface area contributed by atoms with Crippen molar-refractivity contribution in [2.24, 2.45) is 4.99 Å². The molecule has 0 aliphatic carbocycles. The first-order valence-electron chi connectivity index (χ1n) is 6.16. The lowest BCUT2D eigenvalue weighted by Gasteiger charge is -1.98. The Morgan fingerprint density at radius 1 is 1.14 bits per heavy atom. The van der Waals surface area contributed by atoms with Crippen LogP contribution in [0.1, 0.15) is 11.1 Å². The molecular weight excluding hydrogens is 337 g/mol. The molecule has 0 atom stereocenters. The third-order valence-electron chi connectivity index (χ3n) is 2.87. The maximum absolute atomic E-state index is 13.2. The van der Waals surface area contributed by atoms with Gasteiger partial charge in [0.25, 0.3) is 0 Å². The standard InChI is InChI=1S/C16H9BrFNO2/c17-12-6-4-10(5-7-12)8-14-16(20)21-15(19-14)11-2-1-3-13(18)9-11/h1-9H. The van der Waals surface area contributed by atoms with Gasteiger partial charge < -0.3 is 4.74 Å². The van der Waals surface area contributed by atoms with Crippen LogP contribution in [0, 0.1) is 5.82 Å². The molecule has 0 fully saturated rings. The molecule has 3 nitrogen and oxygen atoms in total. The van der Waals surface area contributed by atoms with Crippen molar-refractivity contribution in [1.82, 2.24) is 0 Å². The number of cyclic esters (lactones) is 1. The van der Waals surface area contributed by atoms with Gasteiger partial charge in [0.1, 0.15) is 5.82 Å². The number of ether oxygens (including phenoxy) is 1. The molecule has 1 aliphatic rings. The molecule has 2 aromatic carbocycles. The molecule has 0 radical (unpaired) electrons. The van der Waals surface area contributed by atoms with E-state index in [1.807, 2.05) is 24.3 Å². The van der Waals surface area contributed by atoms with Gasteiger partial charge in [0.2, 0.25) is 5.90 Å². The molecule has 0 amide bonds. The van der Waals surface area contributed by atoms with E-state index in [9.17, 15) is 9.18 Å². The number of carbonyl (C=O) groups is 1. The second kappa shape index (κ2) is 5.61. The molecule has 0 bridgehead atoms. The highest BCUT2D eigenvalue weighted by atomic mass is 79.9. The maximum Gasteiger partial charge on any atom is 0.363 e. The van der Waals surface area contributed by atoms with E-state index in [0.717, 1.165) is 10.0 Å². The number of esters is 1. The van der Waals surface area contributed by atoms with E-state index in [-0.39, 0.29) is 11.6 Å². The van der Waals surface area contributed by atoms with Crippen LogP contribution in [0.25, 0.3) is 6.08 Å². The summed E-state index contributed by atoms with van der Waals surface area (Å²) in [7, 11) is 0. The smallest absolute Gasteiger partial charge is 0.363 e. The van der Waals surface area contributed by atoms with E-state index in [2.05, 4.69) is 20.9 Å². The molecule has 0 N–H and O–H groups in total. The molecule has 0 saturated heterocycles. The lowest BCUT2D eigenvalue weighted by atomic mass is 10.2. The molecule has 2 aromatic rings. The summed E-state index contributed by atoms with van der Waals surface area (Å²) in [4.78, 5) is 15.9. The fourth-order valence-electron chi connectivity index (χ4n) is 1.87. The van der Waals surface area contributed by atoms with E-state index in [1.54, 1.807) is 12.1 Å². The van der Waals surface area contributed by atoms with Crippen LogP contribution in [-0.4, -0.2) is 11.9 Å². The second-order valence-corrected chi connectivity index (χ2v) is 5.31. The SMILES string of the molecule is O=C1OC(c2cccc(F)c2)=NC1=Cc1ccc(Br)cc1. The highest BCUT2D eigenvalue weighted by molar-refractivity contribution is 9.10. The number of nitrogens with zero attached hydrogens (tertiary/aromatic N) is 1. The van der Waals surface area contributed by atoms with Gasteiger partial charge in [-0.2, -0.15) is 0 Å². The van der Waals surface area contributed by atoms with Gasteiger partial charge in [0.15, 0.2) is 5.70 Å². The number of hydrogen-bond donors (Lipinski definition) is 0. The Morgan fingerprint density at radius 3 is 2.62 bits per heavy atom. The van der Waals surface area contributed by atoms with Crippen molar-refractivity contribution in [2.45, 2.75) is 0 Å². The van der Waals surface area contributed by atoms with E-state index in [4.69, 9.17) is 4.74 Å². The summed E-state index contributed by atoms with van der Waals surface area (Å²) in [5, 5.41) is 0. The molecule has 104 valence electrons. The normalized spacial score (nSPS) is 16.0. The minimum absolute atomic E-state index is 0.114. The fourth-order valence-corrected chi connectivity index (χ4v) is 2.14. The molecule has 21 heavy (non-hydrogen) atoms. The lowest BCUT2D eigenvalue weighted by Crippen LogP contribution is -2.05. The molecule has 0 unspecified atom stereocenters. The van der Waals surface area contributed by atoms with Crippen molar-refractivity contribution in [1.29, 1.82) is 0 Å². The van der Waals surface area contributed by atoms with E-state index < -0.39 is 11.8 Å². The third-order valence-corrected chi connectivity index (χ3v) is 3.39. The van der Waals surface area contributed by atoms with Crippen molar-refractivity contribution in [3.63, 3.8) is 0 Å². The van der Waals surface area contributed by atoms with E-state index in [0.29, 0.717) is 5.56 Å². The number of carbonyl (C=O) groups excluding carboxylic acids is 1.